The molecule has 0 fully saturated rings. The van der Waals surface area contributed by atoms with Crippen LogP contribution in [0.15, 0.2) is 24.8 Å². The molecular formula is C18H21NO4. The summed E-state index contributed by atoms with van der Waals surface area (Å²) in [5, 5.41) is 0. The number of fused-ring (bicyclic) bond motifs is 1. The van der Waals surface area contributed by atoms with Crippen LogP contribution in [-0.4, -0.2) is 34.8 Å². The second kappa shape index (κ2) is 5.99. The van der Waals surface area contributed by atoms with E-state index in [-0.39, 0.29) is 17.4 Å². The summed E-state index contributed by atoms with van der Waals surface area (Å²) in [5.41, 5.74) is 0.699. The van der Waals surface area contributed by atoms with Crippen molar-refractivity contribution in [3.8, 4) is 0 Å². The summed E-state index contributed by atoms with van der Waals surface area (Å²) in [7, 11) is 0. The van der Waals surface area contributed by atoms with Crippen LogP contribution in [0.25, 0.3) is 5.57 Å². The van der Waals surface area contributed by atoms with Crippen molar-refractivity contribution in [1.82, 2.24) is 4.90 Å². The molecule has 0 bridgehead atoms. The second-order valence-electron chi connectivity index (χ2n) is 6.50. The van der Waals surface area contributed by atoms with E-state index in [9.17, 15) is 14.4 Å². The van der Waals surface area contributed by atoms with Gasteiger partial charge in [-0.1, -0.05) is 19.6 Å². The maximum absolute atomic E-state index is 12.3. The summed E-state index contributed by atoms with van der Waals surface area (Å²) in [6, 6.07) is 4.72. The van der Waals surface area contributed by atoms with E-state index in [2.05, 4.69) is 6.58 Å². The van der Waals surface area contributed by atoms with E-state index in [1.807, 2.05) is 6.92 Å². The molecule has 1 heterocycles. The first-order chi connectivity index (χ1) is 10.7. The molecule has 0 atom stereocenters. The van der Waals surface area contributed by atoms with Gasteiger partial charge < -0.3 is 4.74 Å². The lowest BCUT2D eigenvalue weighted by atomic mass is 10.0. The van der Waals surface area contributed by atoms with Gasteiger partial charge in [0.05, 0.1) is 16.7 Å². The zero-order valence-electron chi connectivity index (χ0n) is 13.9. The number of hydrogen-bond acceptors (Lipinski definition) is 4. The average molecular weight is 315 g/mol. The minimum atomic E-state index is -0.625. The van der Waals surface area contributed by atoms with Crippen LogP contribution in [0.2, 0.25) is 0 Å². The predicted octanol–water partition coefficient (Wildman–Crippen LogP) is 3.05. The summed E-state index contributed by atoms with van der Waals surface area (Å²) in [4.78, 5) is 37.8. The number of carbonyl (C=O) groups excluding carboxylic acids is 3. The van der Waals surface area contributed by atoms with Crippen LogP contribution < -0.4 is 0 Å². The number of esters is 1. The van der Waals surface area contributed by atoms with Gasteiger partial charge in [-0.05, 0) is 44.9 Å². The van der Waals surface area contributed by atoms with Crippen LogP contribution >= 0.6 is 0 Å². The molecular weight excluding hydrogens is 294 g/mol. The highest BCUT2D eigenvalue weighted by Gasteiger charge is 2.35. The molecule has 122 valence electrons. The van der Waals surface area contributed by atoms with Crippen LogP contribution in [-0.2, 0) is 9.53 Å². The van der Waals surface area contributed by atoms with Crippen LogP contribution in [0.5, 0.6) is 0 Å². The number of imide groups is 1. The Bertz CT molecular complexity index is 697. The van der Waals surface area contributed by atoms with E-state index < -0.39 is 11.6 Å². The van der Waals surface area contributed by atoms with Crippen molar-refractivity contribution in [2.24, 2.45) is 0 Å². The van der Waals surface area contributed by atoms with Gasteiger partial charge in [-0.3, -0.25) is 14.5 Å². The Balaban J connectivity index is 2.30. The molecule has 0 saturated heterocycles. The molecule has 0 radical (unpaired) electrons. The molecule has 0 aliphatic carbocycles. The molecule has 2 amide bonds. The molecule has 0 aromatic heterocycles. The first-order valence-corrected chi connectivity index (χ1v) is 7.58. The molecule has 1 aromatic rings. The second-order valence-corrected chi connectivity index (χ2v) is 6.50. The predicted molar refractivity (Wildman–Crippen MR) is 87.0 cm³/mol. The van der Waals surface area contributed by atoms with Gasteiger partial charge in [-0.2, -0.15) is 0 Å². The Kier molecular flexibility index (Phi) is 4.41. The number of hydrogen-bond donors (Lipinski definition) is 0. The normalized spacial score (nSPS) is 14.0. The van der Waals surface area contributed by atoms with Crippen LogP contribution in [0.1, 0.15) is 60.4 Å². The fourth-order valence-electron chi connectivity index (χ4n) is 2.36. The Morgan fingerprint density at radius 3 is 2.35 bits per heavy atom. The highest BCUT2D eigenvalue weighted by molar-refractivity contribution is 6.22. The smallest absolute Gasteiger partial charge is 0.338 e. The zero-order valence-corrected chi connectivity index (χ0v) is 13.9. The van der Waals surface area contributed by atoms with Gasteiger partial charge in [-0.15, -0.1) is 0 Å². The van der Waals surface area contributed by atoms with Crippen molar-refractivity contribution in [1.29, 1.82) is 0 Å². The quantitative estimate of drug-likeness (QED) is 0.487. The van der Waals surface area contributed by atoms with Crippen molar-refractivity contribution in [3.63, 3.8) is 0 Å². The largest absolute Gasteiger partial charge is 0.456 e. The molecule has 2 rings (SSSR count). The van der Waals surface area contributed by atoms with Gasteiger partial charge in [0.25, 0.3) is 11.8 Å². The third kappa shape index (κ3) is 3.33. The summed E-state index contributed by atoms with van der Waals surface area (Å²) in [6.45, 7) is 11.3. The average Bonchev–Trinajstić information content (AvgIpc) is 2.70. The van der Waals surface area contributed by atoms with Crippen LogP contribution in [0, 0.1) is 0 Å². The molecule has 0 N–H and O–H groups in total. The highest BCUT2D eigenvalue weighted by atomic mass is 16.6. The Morgan fingerprint density at radius 1 is 1.17 bits per heavy atom. The maximum atomic E-state index is 12.3. The molecule has 1 aromatic carbocycles. The minimum Gasteiger partial charge on any atom is -0.456 e. The summed E-state index contributed by atoms with van der Waals surface area (Å²) >= 11 is 0. The molecule has 0 unspecified atom stereocenters. The standard InChI is InChI=1S/C18H21NO4/c1-6-9-19-15(20)13-8-7-12(10-14(13)16(19)21)11(2)17(22)23-18(3,4)5/h7-8,10H,2,6,9H2,1,3-5H3. The fourth-order valence-corrected chi connectivity index (χ4v) is 2.36. The number of benzene rings is 1. The lowest BCUT2D eigenvalue weighted by Gasteiger charge is -2.20. The van der Waals surface area contributed by atoms with Gasteiger partial charge in [0.15, 0.2) is 0 Å². The van der Waals surface area contributed by atoms with E-state index in [1.54, 1.807) is 32.9 Å². The SMILES string of the molecule is C=C(C(=O)OC(C)(C)C)c1ccc2c(c1)C(=O)N(CCC)C2=O. The van der Waals surface area contributed by atoms with Gasteiger partial charge in [-0.25, -0.2) is 4.79 Å². The van der Waals surface area contributed by atoms with Gasteiger partial charge in [0.1, 0.15) is 5.60 Å². The number of amides is 2. The lowest BCUT2D eigenvalue weighted by Crippen LogP contribution is -2.30. The molecule has 1 aliphatic heterocycles. The molecule has 0 saturated carbocycles. The number of carbonyl (C=O) groups is 3. The van der Waals surface area contributed by atoms with Gasteiger partial charge in [0, 0.05) is 6.54 Å². The van der Waals surface area contributed by atoms with Crippen molar-refractivity contribution < 1.29 is 19.1 Å². The van der Waals surface area contributed by atoms with Crippen molar-refractivity contribution in [2.45, 2.75) is 39.7 Å². The van der Waals surface area contributed by atoms with E-state index in [0.29, 0.717) is 29.7 Å². The van der Waals surface area contributed by atoms with E-state index in [0.717, 1.165) is 0 Å². The molecule has 0 spiro atoms. The number of rotatable bonds is 4. The first kappa shape index (κ1) is 16.9. The Labute approximate surface area is 135 Å². The molecule has 1 aliphatic rings. The van der Waals surface area contributed by atoms with Crippen LogP contribution in [0.3, 0.4) is 0 Å². The topological polar surface area (TPSA) is 63.7 Å². The van der Waals surface area contributed by atoms with Gasteiger partial charge in [0.2, 0.25) is 0 Å². The summed E-state index contributed by atoms with van der Waals surface area (Å²) in [6.07, 6.45) is 0.697. The van der Waals surface area contributed by atoms with Crippen molar-refractivity contribution in [3.05, 3.63) is 41.5 Å². The molecule has 5 heteroatoms. The van der Waals surface area contributed by atoms with E-state index >= 15 is 0 Å². The Morgan fingerprint density at radius 2 is 1.78 bits per heavy atom. The summed E-state index contributed by atoms with van der Waals surface area (Å²) < 4.78 is 5.28. The molecule has 23 heavy (non-hydrogen) atoms. The highest BCUT2D eigenvalue weighted by Crippen LogP contribution is 2.27. The zero-order chi connectivity index (χ0) is 17.4. The minimum absolute atomic E-state index is 0.164. The summed E-state index contributed by atoms with van der Waals surface area (Å²) in [5.74, 6) is -1.16. The lowest BCUT2D eigenvalue weighted by molar-refractivity contribution is -0.147. The Hall–Kier alpha value is -2.43. The third-order valence-electron chi connectivity index (χ3n) is 3.41. The maximum Gasteiger partial charge on any atom is 0.338 e. The van der Waals surface area contributed by atoms with Crippen molar-refractivity contribution >= 4 is 23.4 Å². The molecule has 5 nitrogen and oxygen atoms in total. The monoisotopic (exact) mass is 315 g/mol. The van der Waals surface area contributed by atoms with E-state index in [4.69, 9.17) is 4.74 Å². The number of nitrogens with zero attached hydrogens (tertiary/aromatic N) is 1. The van der Waals surface area contributed by atoms with Gasteiger partial charge >= 0.3 is 5.97 Å². The van der Waals surface area contributed by atoms with Crippen LogP contribution in [0.4, 0.5) is 0 Å². The fraction of sp³-hybridized carbons (Fsp3) is 0.389. The number of ether oxygens (including phenoxy) is 1. The first-order valence-electron chi connectivity index (χ1n) is 7.58. The third-order valence-corrected chi connectivity index (χ3v) is 3.41. The van der Waals surface area contributed by atoms with Crippen molar-refractivity contribution in [2.75, 3.05) is 6.54 Å². The van der Waals surface area contributed by atoms with E-state index in [1.165, 1.54) is 11.0 Å².